The first kappa shape index (κ1) is 26.4. The smallest absolute Gasteiger partial charge is 0.256 e. The second-order valence-corrected chi connectivity index (χ2v) is 12.1. The fourth-order valence-corrected chi connectivity index (χ4v) is 7.15. The van der Waals surface area contributed by atoms with Crippen molar-refractivity contribution in [2.24, 2.45) is 11.7 Å². The van der Waals surface area contributed by atoms with Crippen LogP contribution in [0.3, 0.4) is 0 Å². The van der Waals surface area contributed by atoms with Gasteiger partial charge in [0, 0.05) is 23.5 Å². The van der Waals surface area contributed by atoms with E-state index in [4.69, 9.17) is 5.73 Å². The minimum atomic E-state index is -3.63. The van der Waals surface area contributed by atoms with Crippen LogP contribution in [-0.2, 0) is 22.9 Å². The number of fused-ring (bicyclic) bond motifs is 1. The summed E-state index contributed by atoms with van der Waals surface area (Å²) >= 11 is 1.41. The average Bonchev–Trinajstić information content (AvgIpc) is 3.16. The standard InChI is InChI=1S/C25H35N3O4S2/c1-4-6-14-28(15-7-5-2)34(31,32)19-11-9-18(10-12-19)24(30)27-25-22(23(26)29)20-13-8-17(3)16-21(20)33-25/h9-12,17H,4-8,13-16H2,1-3H3,(H2,26,29)(H,27,30). The molecule has 3 rings (SSSR count). The number of hydrogen-bond acceptors (Lipinski definition) is 5. The Bertz CT molecular complexity index is 1120. The van der Waals surface area contributed by atoms with Crippen molar-refractivity contribution in [3.8, 4) is 0 Å². The third kappa shape index (κ3) is 5.87. The van der Waals surface area contributed by atoms with Crippen LogP contribution in [0.15, 0.2) is 29.2 Å². The van der Waals surface area contributed by atoms with Gasteiger partial charge in [0.05, 0.1) is 10.5 Å². The minimum absolute atomic E-state index is 0.176. The molecule has 0 spiro atoms. The van der Waals surface area contributed by atoms with Crippen molar-refractivity contribution in [3.63, 3.8) is 0 Å². The lowest BCUT2D eigenvalue weighted by atomic mass is 9.88. The van der Waals surface area contributed by atoms with Gasteiger partial charge in [-0.15, -0.1) is 11.3 Å². The summed E-state index contributed by atoms with van der Waals surface area (Å²) in [5.74, 6) is -0.408. The molecule has 0 saturated carbocycles. The first-order valence-electron chi connectivity index (χ1n) is 12.0. The number of amides is 2. The van der Waals surface area contributed by atoms with E-state index in [0.717, 1.165) is 55.4 Å². The van der Waals surface area contributed by atoms with Gasteiger partial charge in [-0.05, 0) is 67.9 Å². The van der Waals surface area contributed by atoms with Crippen LogP contribution in [0.5, 0.6) is 0 Å². The molecule has 186 valence electrons. The Labute approximate surface area is 206 Å². The maximum atomic E-state index is 13.2. The second kappa shape index (κ2) is 11.5. The highest BCUT2D eigenvalue weighted by molar-refractivity contribution is 7.89. The summed E-state index contributed by atoms with van der Waals surface area (Å²) < 4.78 is 27.8. The number of nitrogens with zero attached hydrogens (tertiary/aromatic N) is 1. The number of unbranched alkanes of at least 4 members (excludes halogenated alkanes) is 2. The van der Waals surface area contributed by atoms with Gasteiger partial charge in [-0.25, -0.2) is 8.42 Å². The number of nitrogens with two attached hydrogens (primary N) is 1. The van der Waals surface area contributed by atoms with Gasteiger partial charge in [-0.1, -0.05) is 33.6 Å². The zero-order valence-corrected chi connectivity index (χ0v) is 21.9. The Kier molecular flexibility index (Phi) is 8.89. The molecule has 1 aliphatic rings. The molecule has 2 aromatic rings. The summed E-state index contributed by atoms with van der Waals surface area (Å²) in [4.78, 5) is 26.3. The van der Waals surface area contributed by atoms with E-state index in [-0.39, 0.29) is 4.90 Å². The molecule has 0 aliphatic heterocycles. The van der Waals surface area contributed by atoms with Crippen LogP contribution in [0.25, 0.3) is 0 Å². The molecule has 2 amide bonds. The number of carbonyl (C=O) groups is 2. The maximum Gasteiger partial charge on any atom is 0.256 e. The van der Waals surface area contributed by atoms with Crippen molar-refractivity contribution in [1.82, 2.24) is 4.31 Å². The van der Waals surface area contributed by atoms with E-state index in [1.807, 2.05) is 13.8 Å². The number of carbonyl (C=O) groups excluding carboxylic acids is 2. The van der Waals surface area contributed by atoms with Crippen molar-refractivity contribution in [2.75, 3.05) is 18.4 Å². The number of thiophene rings is 1. The lowest BCUT2D eigenvalue weighted by Crippen LogP contribution is -2.33. The van der Waals surface area contributed by atoms with Crippen molar-refractivity contribution >= 4 is 38.2 Å². The highest BCUT2D eigenvalue weighted by Gasteiger charge is 2.28. The number of benzene rings is 1. The minimum Gasteiger partial charge on any atom is -0.365 e. The summed E-state index contributed by atoms with van der Waals surface area (Å²) in [7, 11) is -3.63. The molecule has 0 radical (unpaired) electrons. The summed E-state index contributed by atoms with van der Waals surface area (Å²) in [6.07, 6.45) is 6.06. The average molecular weight is 506 g/mol. The van der Waals surface area contributed by atoms with Gasteiger partial charge in [0.15, 0.2) is 0 Å². The van der Waals surface area contributed by atoms with Gasteiger partial charge < -0.3 is 11.1 Å². The third-order valence-corrected chi connectivity index (χ3v) is 9.34. The number of anilines is 1. The summed E-state index contributed by atoms with van der Waals surface area (Å²) in [6.45, 7) is 7.21. The molecule has 0 saturated heterocycles. The van der Waals surface area contributed by atoms with E-state index >= 15 is 0 Å². The van der Waals surface area contributed by atoms with Gasteiger partial charge >= 0.3 is 0 Å². The fourth-order valence-electron chi connectivity index (χ4n) is 4.22. The molecule has 3 N–H and O–H groups in total. The van der Waals surface area contributed by atoms with Crippen LogP contribution in [0.1, 0.15) is 84.0 Å². The molecule has 1 aromatic heterocycles. The zero-order chi connectivity index (χ0) is 24.9. The van der Waals surface area contributed by atoms with E-state index < -0.39 is 21.8 Å². The first-order chi connectivity index (χ1) is 16.2. The Balaban J connectivity index is 1.80. The molecular weight excluding hydrogens is 470 g/mol. The number of hydrogen-bond donors (Lipinski definition) is 2. The molecule has 1 unspecified atom stereocenters. The molecule has 0 bridgehead atoms. The van der Waals surface area contributed by atoms with Gasteiger partial charge in [0.2, 0.25) is 10.0 Å². The largest absolute Gasteiger partial charge is 0.365 e. The third-order valence-electron chi connectivity index (χ3n) is 6.26. The number of rotatable bonds is 11. The molecule has 1 aromatic carbocycles. The normalized spacial score (nSPS) is 15.8. The maximum absolute atomic E-state index is 13.2. The number of sulfonamides is 1. The van der Waals surface area contributed by atoms with Crippen molar-refractivity contribution in [3.05, 3.63) is 45.8 Å². The van der Waals surface area contributed by atoms with E-state index in [9.17, 15) is 18.0 Å². The summed E-state index contributed by atoms with van der Waals surface area (Å²) in [6, 6.07) is 5.98. The molecule has 0 fully saturated rings. The Hall–Kier alpha value is -2.23. The highest BCUT2D eigenvalue weighted by atomic mass is 32.2. The van der Waals surface area contributed by atoms with E-state index in [1.165, 1.54) is 39.9 Å². The van der Waals surface area contributed by atoms with Gasteiger partial charge in [0.25, 0.3) is 11.8 Å². The van der Waals surface area contributed by atoms with Crippen LogP contribution in [0.2, 0.25) is 0 Å². The van der Waals surface area contributed by atoms with Crippen LogP contribution in [0, 0.1) is 5.92 Å². The van der Waals surface area contributed by atoms with Crippen molar-refractivity contribution in [2.45, 2.75) is 70.6 Å². The molecule has 34 heavy (non-hydrogen) atoms. The van der Waals surface area contributed by atoms with E-state index in [2.05, 4.69) is 12.2 Å². The fraction of sp³-hybridized carbons (Fsp3) is 0.520. The van der Waals surface area contributed by atoms with E-state index in [1.54, 1.807) is 0 Å². The zero-order valence-electron chi connectivity index (χ0n) is 20.2. The van der Waals surface area contributed by atoms with Crippen LogP contribution < -0.4 is 11.1 Å². The van der Waals surface area contributed by atoms with E-state index in [0.29, 0.717) is 35.1 Å². The molecule has 9 heteroatoms. The predicted octanol–water partition coefficient (Wildman–Crippen LogP) is 4.82. The molecule has 1 atom stereocenters. The van der Waals surface area contributed by atoms with Gasteiger partial charge in [-0.3, -0.25) is 9.59 Å². The Morgan fingerprint density at radius 2 is 1.74 bits per heavy atom. The monoisotopic (exact) mass is 505 g/mol. The Morgan fingerprint density at radius 3 is 2.29 bits per heavy atom. The number of nitrogens with one attached hydrogen (secondary N) is 1. The first-order valence-corrected chi connectivity index (χ1v) is 14.3. The molecule has 7 nitrogen and oxygen atoms in total. The van der Waals surface area contributed by atoms with Crippen molar-refractivity contribution in [1.29, 1.82) is 0 Å². The predicted molar refractivity (Wildman–Crippen MR) is 137 cm³/mol. The van der Waals surface area contributed by atoms with Crippen LogP contribution >= 0.6 is 11.3 Å². The second-order valence-electron chi connectivity index (χ2n) is 9.01. The van der Waals surface area contributed by atoms with Gasteiger partial charge in [0.1, 0.15) is 5.00 Å². The SMILES string of the molecule is CCCCN(CCCC)S(=O)(=O)c1ccc(C(=O)Nc2sc3c(c2C(N)=O)CCC(C)C3)cc1. The molecule has 1 heterocycles. The molecular formula is C25H35N3O4S2. The lowest BCUT2D eigenvalue weighted by molar-refractivity contribution is 0.1000. The lowest BCUT2D eigenvalue weighted by Gasteiger charge is -2.22. The summed E-state index contributed by atoms with van der Waals surface area (Å²) in [5.41, 5.74) is 7.32. The van der Waals surface area contributed by atoms with Crippen LogP contribution in [-0.4, -0.2) is 37.6 Å². The quantitative estimate of drug-likeness (QED) is 0.456. The van der Waals surface area contributed by atoms with Gasteiger partial charge in [-0.2, -0.15) is 4.31 Å². The molecule has 1 aliphatic carbocycles. The highest BCUT2D eigenvalue weighted by Crippen LogP contribution is 2.39. The Morgan fingerprint density at radius 1 is 1.12 bits per heavy atom. The van der Waals surface area contributed by atoms with Crippen molar-refractivity contribution < 1.29 is 18.0 Å². The summed E-state index contributed by atoms with van der Waals surface area (Å²) in [5, 5.41) is 3.31. The topological polar surface area (TPSA) is 110 Å². The van der Waals surface area contributed by atoms with Crippen LogP contribution in [0.4, 0.5) is 5.00 Å². The number of primary amides is 1.